The molecule has 0 saturated carbocycles. The highest BCUT2D eigenvalue weighted by molar-refractivity contribution is 5.90. The number of fused-ring (bicyclic) bond motifs is 1. The van der Waals surface area contributed by atoms with Crippen LogP contribution in [0.25, 0.3) is 11.2 Å². The standard InChI is InChI=1S/C27H25F2N5O6/c1-13-3-6-15(7-4-13)25(38)39-11-27(10-28)18(17-9-14(2)5-8-16(17)24(36)37)19(29)23(40-27)34-12-31-20-21(34)32-26(30)33-22(20)35/h3-9,12,18-19,23H,10-11H2,1-2H3,(H,36,37)(H3,30,32,33,35)/t18-,19-,23+,27-/m0/s1. The van der Waals surface area contributed by atoms with E-state index in [0.29, 0.717) is 5.56 Å². The van der Waals surface area contributed by atoms with Crippen LogP contribution in [0.1, 0.15) is 49.6 Å². The second-order valence-electron chi connectivity index (χ2n) is 9.74. The van der Waals surface area contributed by atoms with Gasteiger partial charge < -0.3 is 20.3 Å². The molecule has 1 fully saturated rings. The third-order valence-corrected chi connectivity index (χ3v) is 6.97. The van der Waals surface area contributed by atoms with Gasteiger partial charge in [0.25, 0.3) is 5.56 Å². The van der Waals surface area contributed by atoms with Gasteiger partial charge in [0.05, 0.1) is 23.4 Å². The molecule has 2 aromatic carbocycles. The predicted octanol–water partition coefficient (Wildman–Crippen LogP) is 3.23. The minimum atomic E-state index is -2.15. The minimum absolute atomic E-state index is 0.0405. The number of rotatable bonds is 7. The zero-order chi connectivity index (χ0) is 28.8. The van der Waals surface area contributed by atoms with E-state index in [9.17, 15) is 19.5 Å². The lowest BCUT2D eigenvalue weighted by Gasteiger charge is -2.32. The first-order valence-electron chi connectivity index (χ1n) is 12.2. The number of aromatic carboxylic acids is 1. The zero-order valence-electron chi connectivity index (χ0n) is 21.4. The number of aromatic amines is 1. The topological polar surface area (TPSA) is 162 Å². The molecule has 11 nitrogen and oxygen atoms in total. The van der Waals surface area contributed by atoms with Crippen LogP contribution in [0.2, 0.25) is 0 Å². The number of ether oxygens (including phenoxy) is 2. The molecule has 4 N–H and O–H groups in total. The lowest BCUT2D eigenvalue weighted by atomic mass is 9.79. The molecule has 1 aliphatic heterocycles. The molecular weight excluding hydrogens is 528 g/mol. The molecule has 13 heteroatoms. The molecule has 0 radical (unpaired) electrons. The van der Waals surface area contributed by atoms with Crippen LogP contribution in [-0.4, -0.2) is 61.6 Å². The number of hydrogen-bond donors (Lipinski definition) is 3. The number of esters is 1. The lowest BCUT2D eigenvalue weighted by molar-refractivity contribution is -0.118. The number of anilines is 1. The van der Waals surface area contributed by atoms with E-state index in [0.717, 1.165) is 16.5 Å². The van der Waals surface area contributed by atoms with E-state index >= 15 is 8.78 Å². The summed E-state index contributed by atoms with van der Waals surface area (Å²) in [6.45, 7) is 1.43. The van der Waals surface area contributed by atoms with Crippen LogP contribution in [-0.2, 0) is 9.47 Å². The predicted molar refractivity (Wildman–Crippen MR) is 139 cm³/mol. The van der Waals surface area contributed by atoms with Crippen molar-refractivity contribution in [2.45, 2.75) is 37.8 Å². The smallest absolute Gasteiger partial charge is 0.338 e. The summed E-state index contributed by atoms with van der Waals surface area (Å²) in [4.78, 5) is 47.5. The molecular formula is C27H25F2N5O6. The number of hydrogen-bond acceptors (Lipinski definition) is 8. The van der Waals surface area contributed by atoms with E-state index in [2.05, 4.69) is 15.0 Å². The van der Waals surface area contributed by atoms with E-state index in [1.807, 2.05) is 6.92 Å². The molecule has 4 aromatic rings. The summed E-state index contributed by atoms with van der Waals surface area (Å²) in [5.74, 6) is -3.97. The third-order valence-electron chi connectivity index (χ3n) is 6.97. The number of H-pyrrole nitrogens is 1. The van der Waals surface area contributed by atoms with E-state index in [-0.39, 0.29) is 33.8 Å². The fourth-order valence-corrected chi connectivity index (χ4v) is 5.00. The van der Waals surface area contributed by atoms with E-state index in [4.69, 9.17) is 15.2 Å². The van der Waals surface area contributed by atoms with E-state index < -0.39 is 54.7 Å². The second kappa shape index (κ2) is 10.2. The van der Waals surface area contributed by atoms with Gasteiger partial charge in [-0.15, -0.1) is 0 Å². The number of imidazole rings is 1. The Balaban J connectivity index is 1.62. The van der Waals surface area contributed by atoms with Crippen molar-refractivity contribution in [3.05, 3.63) is 87.0 Å². The number of carboxylic acid groups (broad SMARTS) is 1. The number of halogens is 2. The molecule has 1 saturated heterocycles. The Morgan fingerprint density at radius 2 is 1.90 bits per heavy atom. The molecule has 2 aromatic heterocycles. The van der Waals surface area contributed by atoms with Gasteiger partial charge in [-0.1, -0.05) is 35.4 Å². The van der Waals surface area contributed by atoms with Gasteiger partial charge in [-0.25, -0.2) is 23.4 Å². The van der Waals surface area contributed by atoms with Crippen LogP contribution >= 0.6 is 0 Å². The van der Waals surface area contributed by atoms with Gasteiger partial charge in [-0.05, 0) is 37.6 Å². The summed E-state index contributed by atoms with van der Waals surface area (Å²) in [5, 5.41) is 9.87. The Bertz CT molecular complexity index is 1670. The average Bonchev–Trinajstić information content (AvgIpc) is 3.46. The Morgan fingerprint density at radius 1 is 1.20 bits per heavy atom. The quantitative estimate of drug-likeness (QED) is 0.292. The molecule has 0 amide bonds. The maximum absolute atomic E-state index is 16.6. The summed E-state index contributed by atoms with van der Waals surface area (Å²) < 4.78 is 44.2. The summed E-state index contributed by atoms with van der Waals surface area (Å²) in [6, 6.07) is 10.7. The van der Waals surface area contributed by atoms with Gasteiger partial charge in [0.15, 0.2) is 23.6 Å². The van der Waals surface area contributed by atoms with E-state index in [1.54, 1.807) is 19.1 Å². The van der Waals surface area contributed by atoms with Crippen LogP contribution in [0.3, 0.4) is 0 Å². The number of aryl methyl sites for hydroxylation is 2. The number of nitrogens with two attached hydrogens (primary N) is 1. The van der Waals surface area contributed by atoms with Crippen LogP contribution in [0.15, 0.2) is 53.6 Å². The summed E-state index contributed by atoms with van der Waals surface area (Å²) >= 11 is 0. The van der Waals surface area contributed by atoms with Crippen LogP contribution in [0, 0.1) is 13.8 Å². The van der Waals surface area contributed by atoms with Crippen molar-refractivity contribution in [1.29, 1.82) is 0 Å². The highest BCUT2D eigenvalue weighted by Gasteiger charge is 2.59. The highest BCUT2D eigenvalue weighted by atomic mass is 19.1. The number of alkyl halides is 2. The number of nitrogens with zero attached hydrogens (tertiary/aromatic N) is 3. The highest BCUT2D eigenvalue weighted by Crippen LogP contribution is 2.51. The number of benzene rings is 2. The molecule has 40 heavy (non-hydrogen) atoms. The normalized spacial score (nSPS) is 22.4. The number of aromatic nitrogens is 4. The maximum atomic E-state index is 16.6. The Morgan fingerprint density at radius 3 is 2.58 bits per heavy atom. The second-order valence-corrected chi connectivity index (χ2v) is 9.74. The van der Waals surface area contributed by atoms with Gasteiger partial charge in [-0.3, -0.25) is 14.3 Å². The first kappa shape index (κ1) is 26.9. The minimum Gasteiger partial charge on any atom is -0.478 e. The van der Waals surface area contributed by atoms with Gasteiger partial charge in [-0.2, -0.15) is 4.98 Å². The van der Waals surface area contributed by atoms with Crippen molar-refractivity contribution >= 4 is 29.1 Å². The van der Waals surface area contributed by atoms with Crippen molar-refractivity contribution in [1.82, 2.24) is 19.5 Å². The Labute approximate surface area is 225 Å². The Hall–Kier alpha value is -4.65. The lowest BCUT2D eigenvalue weighted by Crippen LogP contribution is -2.44. The van der Waals surface area contributed by atoms with Crippen LogP contribution < -0.4 is 11.3 Å². The average molecular weight is 554 g/mol. The monoisotopic (exact) mass is 553 g/mol. The van der Waals surface area contributed by atoms with Gasteiger partial charge in [0.1, 0.15) is 18.9 Å². The summed E-state index contributed by atoms with van der Waals surface area (Å²) in [6.07, 6.45) is -2.62. The fourth-order valence-electron chi connectivity index (χ4n) is 5.00. The van der Waals surface area contributed by atoms with Gasteiger partial charge in [0.2, 0.25) is 5.95 Å². The molecule has 208 valence electrons. The zero-order valence-corrected chi connectivity index (χ0v) is 21.4. The van der Waals surface area contributed by atoms with Crippen molar-refractivity contribution < 1.29 is 33.0 Å². The van der Waals surface area contributed by atoms with Gasteiger partial charge in [0, 0.05) is 0 Å². The van der Waals surface area contributed by atoms with Gasteiger partial charge >= 0.3 is 11.9 Å². The van der Waals surface area contributed by atoms with Crippen LogP contribution in [0.5, 0.6) is 0 Å². The summed E-state index contributed by atoms with van der Waals surface area (Å²) in [7, 11) is 0. The number of carbonyl (C=O) groups excluding carboxylic acids is 1. The molecule has 4 atom stereocenters. The maximum Gasteiger partial charge on any atom is 0.338 e. The van der Waals surface area contributed by atoms with Crippen molar-refractivity contribution in [2.75, 3.05) is 19.0 Å². The third kappa shape index (κ3) is 4.57. The fraction of sp³-hybridized carbons (Fsp3) is 0.296. The van der Waals surface area contributed by atoms with Crippen molar-refractivity contribution in [3.8, 4) is 0 Å². The Kier molecular flexibility index (Phi) is 6.84. The number of carbonyl (C=O) groups is 2. The molecule has 0 spiro atoms. The van der Waals surface area contributed by atoms with Crippen molar-refractivity contribution in [3.63, 3.8) is 0 Å². The first-order chi connectivity index (χ1) is 19.0. The molecule has 0 aliphatic carbocycles. The molecule has 0 unspecified atom stereocenters. The van der Waals surface area contributed by atoms with Crippen LogP contribution in [0.4, 0.5) is 14.7 Å². The number of carboxylic acids is 1. The SMILES string of the molecule is Cc1ccc(C(=O)OC[C@]2(CF)O[C@@H](n3cnc4c(=O)[nH]c(N)nc43)[C@@H](F)[C@@H]2c2cc(C)ccc2C(=O)O)cc1. The van der Waals surface area contributed by atoms with E-state index in [1.165, 1.54) is 30.3 Å². The van der Waals surface area contributed by atoms with Crippen molar-refractivity contribution in [2.24, 2.45) is 0 Å². The largest absolute Gasteiger partial charge is 0.478 e. The molecule has 1 aliphatic rings. The number of nitrogens with one attached hydrogen (secondary N) is 1. The first-order valence-corrected chi connectivity index (χ1v) is 12.2. The molecule has 3 heterocycles. The number of nitrogen functional groups attached to an aromatic ring is 1. The molecule has 5 rings (SSSR count). The molecule has 0 bridgehead atoms. The summed E-state index contributed by atoms with van der Waals surface area (Å²) in [5.41, 5.74) is 3.94.